The number of fused-ring (bicyclic) bond motifs is 1. The summed E-state index contributed by atoms with van der Waals surface area (Å²) in [5, 5.41) is 5.42. The molecule has 0 aliphatic carbocycles. The van der Waals surface area contributed by atoms with Crippen molar-refractivity contribution in [2.24, 2.45) is 0 Å². The van der Waals surface area contributed by atoms with Gasteiger partial charge in [0.2, 0.25) is 5.91 Å². The minimum Gasteiger partial charge on any atom is -0.325 e. The second kappa shape index (κ2) is 6.93. The van der Waals surface area contributed by atoms with Gasteiger partial charge in [-0.15, -0.1) is 0 Å². The van der Waals surface area contributed by atoms with Gasteiger partial charge in [0.05, 0.1) is 6.04 Å². The van der Waals surface area contributed by atoms with Crippen LogP contribution in [-0.4, -0.2) is 29.9 Å². The fraction of sp³-hybridized carbons (Fsp3) is 0.421. The lowest BCUT2D eigenvalue weighted by Crippen LogP contribution is -2.42. The van der Waals surface area contributed by atoms with Gasteiger partial charge in [-0.25, -0.2) is 0 Å². The Morgan fingerprint density at radius 2 is 1.68 bits per heavy atom. The van der Waals surface area contributed by atoms with Crippen LogP contribution in [0.25, 0.3) is 10.8 Å². The van der Waals surface area contributed by atoms with Gasteiger partial charge in [-0.1, -0.05) is 43.2 Å². The zero-order chi connectivity index (χ0) is 15.4. The molecule has 116 valence electrons. The van der Waals surface area contributed by atoms with E-state index in [0.717, 1.165) is 24.2 Å². The van der Waals surface area contributed by atoms with E-state index in [0.29, 0.717) is 0 Å². The Kier molecular flexibility index (Phi) is 4.74. The molecule has 1 aliphatic heterocycles. The third-order valence-corrected chi connectivity index (χ3v) is 4.58. The standard InChI is InChI=1S/C19H24N2O/c1-15(21-12-6-2-3-7-13-21)19(22)20-18-11-10-16-8-4-5-9-17(16)14-18/h4-5,8-11,14-15H,2-3,6-7,12-13H2,1H3,(H,20,22)/t15-/m1/s1. The highest BCUT2D eigenvalue weighted by Gasteiger charge is 2.22. The zero-order valence-corrected chi connectivity index (χ0v) is 13.2. The molecule has 1 atom stereocenters. The summed E-state index contributed by atoms with van der Waals surface area (Å²) in [4.78, 5) is 14.8. The molecule has 1 heterocycles. The summed E-state index contributed by atoms with van der Waals surface area (Å²) in [6, 6.07) is 14.2. The quantitative estimate of drug-likeness (QED) is 0.927. The van der Waals surface area contributed by atoms with E-state index in [4.69, 9.17) is 0 Å². The fourth-order valence-corrected chi connectivity index (χ4v) is 3.16. The third-order valence-electron chi connectivity index (χ3n) is 4.58. The van der Waals surface area contributed by atoms with Crippen LogP contribution in [0.4, 0.5) is 5.69 Å². The maximum Gasteiger partial charge on any atom is 0.241 e. The molecule has 0 bridgehead atoms. The largest absolute Gasteiger partial charge is 0.325 e. The first kappa shape index (κ1) is 15.0. The van der Waals surface area contributed by atoms with Crippen LogP contribution in [0.1, 0.15) is 32.6 Å². The smallest absolute Gasteiger partial charge is 0.241 e. The summed E-state index contributed by atoms with van der Waals surface area (Å²) < 4.78 is 0. The van der Waals surface area contributed by atoms with E-state index in [1.165, 1.54) is 31.1 Å². The molecule has 0 saturated carbocycles. The van der Waals surface area contributed by atoms with Crippen LogP contribution in [0.2, 0.25) is 0 Å². The van der Waals surface area contributed by atoms with E-state index in [2.05, 4.69) is 28.4 Å². The van der Waals surface area contributed by atoms with Gasteiger partial charge >= 0.3 is 0 Å². The van der Waals surface area contributed by atoms with Gasteiger partial charge in [0.25, 0.3) is 0 Å². The second-order valence-electron chi connectivity index (χ2n) is 6.18. The summed E-state index contributed by atoms with van der Waals surface area (Å²) >= 11 is 0. The van der Waals surface area contributed by atoms with Crippen LogP contribution in [0.5, 0.6) is 0 Å². The van der Waals surface area contributed by atoms with Crippen LogP contribution in [0.15, 0.2) is 42.5 Å². The highest BCUT2D eigenvalue weighted by atomic mass is 16.2. The number of nitrogens with zero attached hydrogens (tertiary/aromatic N) is 1. The molecule has 2 aromatic carbocycles. The van der Waals surface area contributed by atoms with Crippen molar-refractivity contribution >= 4 is 22.4 Å². The monoisotopic (exact) mass is 296 g/mol. The van der Waals surface area contributed by atoms with Crippen molar-refractivity contribution in [2.75, 3.05) is 18.4 Å². The van der Waals surface area contributed by atoms with E-state index in [1.807, 2.05) is 31.2 Å². The Labute approximate surface area is 132 Å². The third kappa shape index (κ3) is 3.47. The van der Waals surface area contributed by atoms with Gasteiger partial charge in [-0.3, -0.25) is 9.69 Å². The molecule has 0 unspecified atom stereocenters. The molecule has 0 aromatic heterocycles. The molecule has 3 nitrogen and oxygen atoms in total. The maximum atomic E-state index is 12.5. The molecular formula is C19H24N2O. The normalized spacial score (nSPS) is 17.9. The van der Waals surface area contributed by atoms with E-state index in [9.17, 15) is 4.79 Å². The Bertz CT molecular complexity index is 645. The van der Waals surface area contributed by atoms with Crippen LogP contribution >= 0.6 is 0 Å². The molecule has 1 amide bonds. The van der Waals surface area contributed by atoms with Crippen molar-refractivity contribution < 1.29 is 4.79 Å². The van der Waals surface area contributed by atoms with Crippen molar-refractivity contribution in [2.45, 2.75) is 38.6 Å². The number of anilines is 1. The predicted molar refractivity (Wildman–Crippen MR) is 92.1 cm³/mol. The van der Waals surface area contributed by atoms with Gasteiger partial charge in [-0.2, -0.15) is 0 Å². The van der Waals surface area contributed by atoms with Crippen LogP contribution in [0.3, 0.4) is 0 Å². The molecular weight excluding hydrogens is 272 g/mol. The first-order chi connectivity index (χ1) is 10.7. The van der Waals surface area contributed by atoms with Crippen molar-refractivity contribution in [3.05, 3.63) is 42.5 Å². The number of carbonyl (C=O) groups excluding carboxylic acids is 1. The minimum atomic E-state index is -0.0652. The van der Waals surface area contributed by atoms with Gasteiger partial charge in [0.1, 0.15) is 0 Å². The lowest BCUT2D eigenvalue weighted by Gasteiger charge is -2.26. The number of likely N-dealkylation sites (tertiary alicyclic amines) is 1. The first-order valence-electron chi connectivity index (χ1n) is 8.28. The second-order valence-corrected chi connectivity index (χ2v) is 6.18. The average molecular weight is 296 g/mol. The predicted octanol–water partition coefficient (Wildman–Crippen LogP) is 4.04. The van der Waals surface area contributed by atoms with E-state index in [1.54, 1.807) is 0 Å². The molecule has 1 fully saturated rings. The van der Waals surface area contributed by atoms with Crippen LogP contribution in [-0.2, 0) is 4.79 Å². The van der Waals surface area contributed by atoms with E-state index < -0.39 is 0 Å². The summed E-state index contributed by atoms with van der Waals surface area (Å²) in [6.07, 6.45) is 4.98. The van der Waals surface area contributed by atoms with Crippen molar-refractivity contribution in [3.63, 3.8) is 0 Å². The number of rotatable bonds is 3. The molecule has 1 N–H and O–H groups in total. The summed E-state index contributed by atoms with van der Waals surface area (Å²) in [5.41, 5.74) is 0.880. The van der Waals surface area contributed by atoms with Crippen LogP contribution in [0, 0.1) is 0 Å². The molecule has 0 spiro atoms. The fourth-order valence-electron chi connectivity index (χ4n) is 3.16. The Balaban J connectivity index is 1.68. The molecule has 0 radical (unpaired) electrons. The highest BCUT2D eigenvalue weighted by Crippen LogP contribution is 2.20. The topological polar surface area (TPSA) is 32.3 Å². The molecule has 3 rings (SSSR count). The van der Waals surface area contributed by atoms with Crippen molar-refractivity contribution in [1.82, 2.24) is 4.90 Å². The maximum absolute atomic E-state index is 12.5. The number of hydrogen-bond acceptors (Lipinski definition) is 2. The van der Waals surface area contributed by atoms with Crippen molar-refractivity contribution in [1.29, 1.82) is 0 Å². The minimum absolute atomic E-state index is 0.0652. The van der Waals surface area contributed by atoms with Gasteiger partial charge in [0, 0.05) is 5.69 Å². The number of carbonyl (C=O) groups is 1. The lowest BCUT2D eigenvalue weighted by atomic mass is 10.1. The van der Waals surface area contributed by atoms with E-state index in [-0.39, 0.29) is 11.9 Å². The van der Waals surface area contributed by atoms with Gasteiger partial charge in [0.15, 0.2) is 0 Å². The van der Waals surface area contributed by atoms with Gasteiger partial charge < -0.3 is 5.32 Å². The van der Waals surface area contributed by atoms with Crippen molar-refractivity contribution in [3.8, 4) is 0 Å². The molecule has 1 aliphatic rings. The van der Waals surface area contributed by atoms with Crippen LogP contribution < -0.4 is 5.32 Å². The Hall–Kier alpha value is -1.87. The van der Waals surface area contributed by atoms with Gasteiger partial charge in [-0.05, 0) is 55.8 Å². The molecule has 22 heavy (non-hydrogen) atoms. The number of benzene rings is 2. The summed E-state index contributed by atoms with van der Waals surface area (Å²) in [5.74, 6) is 0.0946. The number of amides is 1. The summed E-state index contributed by atoms with van der Waals surface area (Å²) in [7, 11) is 0. The summed E-state index contributed by atoms with van der Waals surface area (Å²) in [6.45, 7) is 4.08. The SMILES string of the molecule is C[C@H](C(=O)Nc1ccc2ccccc2c1)N1CCCCCC1. The Morgan fingerprint density at radius 3 is 2.41 bits per heavy atom. The molecule has 2 aromatic rings. The lowest BCUT2D eigenvalue weighted by molar-refractivity contribution is -0.120. The Morgan fingerprint density at radius 1 is 1.00 bits per heavy atom. The molecule has 3 heteroatoms. The number of hydrogen-bond donors (Lipinski definition) is 1. The average Bonchev–Trinajstić information content (AvgIpc) is 2.83. The van der Waals surface area contributed by atoms with E-state index >= 15 is 0 Å². The molecule has 1 saturated heterocycles. The zero-order valence-electron chi connectivity index (χ0n) is 13.2. The first-order valence-corrected chi connectivity index (χ1v) is 8.28. The highest BCUT2D eigenvalue weighted by molar-refractivity contribution is 5.97. The number of nitrogens with one attached hydrogen (secondary N) is 1.